The zero-order valence-corrected chi connectivity index (χ0v) is 20.2. The molecule has 1 fully saturated rings. The molecule has 1 saturated heterocycles. The molecule has 2 aromatic heterocycles. The number of piperidine rings is 1. The molecule has 7 nitrogen and oxygen atoms in total. The molecule has 0 radical (unpaired) electrons. The minimum absolute atomic E-state index is 0.0259. The van der Waals surface area contributed by atoms with E-state index in [4.69, 9.17) is 4.74 Å². The number of pyridine rings is 1. The van der Waals surface area contributed by atoms with Crippen molar-refractivity contribution in [2.45, 2.75) is 45.6 Å². The minimum Gasteiger partial charge on any atom is -0.490 e. The predicted molar refractivity (Wildman–Crippen MR) is 132 cm³/mol. The van der Waals surface area contributed by atoms with Crippen LogP contribution in [0, 0.1) is 6.92 Å². The van der Waals surface area contributed by atoms with E-state index in [0.717, 1.165) is 59.4 Å². The van der Waals surface area contributed by atoms with Crippen molar-refractivity contribution in [3.8, 4) is 17.0 Å². The third kappa shape index (κ3) is 4.83. The summed E-state index contributed by atoms with van der Waals surface area (Å²) < 4.78 is 8.00. The summed E-state index contributed by atoms with van der Waals surface area (Å²) in [5.74, 6) is 1.23. The number of hydrogen-bond donors (Lipinski definition) is 2. The van der Waals surface area contributed by atoms with Crippen LogP contribution >= 0.6 is 0 Å². The van der Waals surface area contributed by atoms with E-state index in [1.807, 2.05) is 25.3 Å². The van der Waals surface area contributed by atoms with Gasteiger partial charge in [-0.3, -0.25) is 14.5 Å². The lowest BCUT2D eigenvalue weighted by atomic mass is 9.96. The zero-order chi connectivity index (χ0) is 23.7. The second-order valence-electron chi connectivity index (χ2n) is 9.37. The number of H-pyrrole nitrogens is 1. The normalized spacial score (nSPS) is 15.3. The molecule has 1 aromatic carbocycles. The van der Waals surface area contributed by atoms with Crippen LogP contribution in [-0.2, 0) is 11.8 Å². The third-order valence-corrected chi connectivity index (χ3v) is 6.52. The number of carbonyl (C=O) groups excluding carboxylic acids is 1. The van der Waals surface area contributed by atoms with Gasteiger partial charge >= 0.3 is 0 Å². The van der Waals surface area contributed by atoms with E-state index in [1.165, 1.54) is 5.56 Å². The summed E-state index contributed by atoms with van der Waals surface area (Å²) in [6, 6.07) is 8.20. The lowest BCUT2D eigenvalue weighted by Crippen LogP contribution is -2.43. The van der Waals surface area contributed by atoms with Gasteiger partial charge in [0.1, 0.15) is 11.9 Å². The molecule has 4 rings (SSSR count). The van der Waals surface area contributed by atoms with Gasteiger partial charge in [-0.15, -0.1) is 0 Å². The highest BCUT2D eigenvalue weighted by Gasteiger charge is 2.23. The van der Waals surface area contributed by atoms with Gasteiger partial charge in [0.05, 0.1) is 12.2 Å². The van der Waals surface area contributed by atoms with Crippen molar-refractivity contribution in [2.75, 3.05) is 26.7 Å². The Kier molecular flexibility index (Phi) is 6.61. The number of aromatic amines is 1. The predicted octanol–water partition coefficient (Wildman–Crippen LogP) is 3.55. The number of nitrogens with zero attached hydrogens (tertiary/aromatic N) is 2. The summed E-state index contributed by atoms with van der Waals surface area (Å²) in [6.45, 7) is 8.41. The number of aromatic nitrogens is 2. The Labute approximate surface area is 194 Å². The fourth-order valence-electron chi connectivity index (χ4n) is 4.77. The Morgan fingerprint density at radius 1 is 1.24 bits per heavy atom. The molecular weight excluding hydrogens is 416 g/mol. The molecule has 0 spiro atoms. The van der Waals surface area contributed by atoms with Crippen LogP contribution in [-0.4, -0.2) is 53.1 Å². The van der Waals surface area contributed by atoms with Crippen molar-refractivity contribution in [3.63, 3.8) is 0 Å². The highest BCUT2D eigenvalue weighted by molar-refractivity contribution is 5.92. The molecule has 0 unspecified atom stereocenters. The topological polar surface area (TPSA) is 79.4 Å². The van der Waals surface area contributed by atoms with Crippen LogP contribution in [0.5, 0.6) is 5.75 Å². The first-order valence-electron chi connectivity index (χ1n) is 11.7. The second-order valence-corrected chi connectivity index (χ2v) is 9.37. The van der Waals surface area contributed by atoms with Crippen molar-refractivity contribution < 1.29 is 9.53 Å². The number of hydrogen-bond acceptors (Lipinski definition) is 4. The number of nitrogens with one attached hydrogen (secondary N) is 2. The summed E-state index contributed by atoms with van der Waals surface area (Å²) in [7, 11) is 3.47. The number of ether oxygens (including phenoxy) is 1. The molecule has 0 bridgehead atoms. The molecule has 3 aromatic rings. The van der Waals surface area contributed by atoms with Gasteiger partial charge in [-0.1, -0.05) is 13.8 Å². The van der Waals surface area contributed by atoms with Gasteiger partial charge in [-0.2, -0.15) is 0 Å². The maximum absolute atomic E-state index is 12.2. The van der Waals surface area contributed by atoms with Gasteiger partial charge in [0.2, 0.25) is 5.91 Å². The summed E-state index contributed by atoms with van der Waals surface area (Å²) in [5, 5.41) is 3.84. The molecule has 0 saturated carbocycles. The van der Waals surface area contributed by atoms with E-state index in [2.05, 4.69) is 41.2 Å². The quantitative estimate of drug-likeness (QED) is 0.602. The van der Waals surface area contributed by atoms with Crippen molar-refractivity contribution >= 4 is 16.8 Å². The number of benzene rings is 1. The average molecular weight is 451 g/mol. The van der Waals surface area contributed by atoms with Crippen molar-refractivity contribution in [2.24, 2.45) is 7.05 Å². The van der Waals surface area contributed by atoms with Crippen LogP contribution in [0.3, 0.4) is 0 Å². The van der Waals surface area contributed by atoms with E-state index < -0.39 is 0 Å². The van der Waals surface area contributed by atoms with E-state index in [0.29, 0.717) is 12.5 Å². The molecule has 1 aliphatic heterocycles. The summed E-state index contributed by atoms with van der Waals surface area (Å²) >= 11 is 0. The molecular formula is C26H34N4O3. The Balaban J connectivity index is 1.59. The van der Waals surface area contributed by atoms with Gasteiger partial charge in [0.15, 0.2) is 0 Å². The van der Waals surface area contributed by atoms with Crippen LogP contribution in [0.2, 0.25) is 0 Å². The Morgan fingerprint density at radius 2 is 1.97 bits per heavy atom. The number of rotatable bonds is 6. The standard InChI is InChI=1S/C26H34N4O3/c1-16(2)24-21-13-20(33-19-8-10-30(11-9-19)15-23(31)27-4)6-7-22(21)28-25(24)18-12-17(3)26(32)29(5)14-18/h6-7,12-14,16,19,28H,8-11,15H2,1-5H3,(H,27,31). The summed E-state index contributed by atoms with van der Waals surface area (Å²) in [4.78, 5) is 29.6. The van der Waals surface area contributed by atoms with Crippen molar-refractivity contribution in [1.29, 1.82) is 0 Å². The maximum Gasteiger partial charge on any atom is 0.253 e. The number of aryl methyl sites for hydroxylation is 2. The second kappa shape index (κ2) is 9.43. The number of amides is 1. The lowest BCUT2D eigenvalue weighted by molar-refractivity contribution is -0.122. The van der Waals surface area contributed by atoms with Gasteiger partial charge in [-0.05, 0) is 55.5 Å². The first-order valence-corrected chi connectivity index (χ1v) is 11.7. The molecule has 1 aliphatic rings. The third-order valence-electron chi connectivity index (χ3n) is 6.52. The fraction of sp³-hybridized carbons (Fsp3) is 0.462. The molecule has 2 N–H and O–H groups in total. The Morgan fingerprint density at radius 3 is 2.61 bits per heavy atom. The molecule has 3 heterocycles. The van der Waals surface area contributed by atoms with Crippen LogP contribution in [0.25, 0.3) is 22.2 Å². The smallest absolute Gasteiger partial charge is 0.253 e. The van der Waals surface area contributed by atoms with Crippen LogP contribution in [0.15, 0.2) is 35.3 Å². The fourth-order valence-corrected chi connectivity index (χ4v) is 4.77. The van der Waals surface area contributed by atoms with E-state index in [-0.39, 0.29) is 17.6 Å². The molecule has 7 heteroatoms. The van der Waals surface area contributed by atoms with Crippen molar-refractivity contribution in [1.82, 2.24) is 19.8 Å². The molecule has 176 valence electrons. The summed E-state index contributed by atoms with van der Waals surface area (Å²) in [6.07, 6.45) is 3.86. The van der Waals surface area contributed by atoms with Crippen LogP contribution < -0.4 is 15.6 Å². The largest absolute Gasteiger partial charge is 0.490 e. The highest BCUT2D eigenvalue weighted by Crippen LogP contribution is 2.37. The van der Waals surface area contributed by atoms with Gasteiger partial charge in [0, 0.05) is 55.4 Å². The minimum atomic E-state index is 0.0259. The van der Waals surface area contributed by atoms with E-state index >= 15 is 0 Å². The highest BCUT2D eigenvalue weighted by atomic mass is 16.5. The molecule has 0 aliphatic carbocycles. The monoisotopic (exact) mass is 450 g/mol. The molecule has 1 amide bonds. The van der Waals surface area contributed by atoms with Crippen LogP contribution in [0.1, 0.15) is 43.7 Å². The maximum atomic E-state index is 12.2. The number of fused-ring (bicyclic) bond motifs is 1. The first kappa shape index (κ1) is 23.1. The van der Waals surface area contributed by atoms with E-state index in [9.17, 15) is 9.59 Å². The van der Waals surface area contributed by atoms with Crippen molar-refractivity contribution in [3.05, 3.63) is 51.9 Å². The zero-order valence-electron chi connectivity index (χ0n) is 20.2. The average Bonchev–Trinajstić information content (AvgIpc) is 3.17. The van der Waals surface area contributed by atoms with Gasteiger partial charge in [0.25, 0.3) is 5.56 Å². The van der Waals surface area contributed by atoms with Gasteiger partial charge in [-0.25, -0.2) is 0 Å². The number of likely N-dealkylation sites (N-methyl/N-ethyl adjacent to an activating group) is 1. The van der Waals surface area contributed by atoms with Crippen LogP contribution in [0.4, 0.5) is 0 Å². The van der Waals surface area contributed by atoms with Gasteiger partial charge < -0.3 is 19.6 Å². The lowest BCUT2D eigenvalue weighted by Gasteiger charge is -2.31. The summed E-state index contributed by atoms with van der Waals surface area (Å²) in [5.41, 5.74) is 5.12. The Bertz CT molecular complexity index is 1190. The SMILES string of the molecule is CNC(=O)CN1CCC(Oc2ccc3[nH]c(-c4cc(C)c(=O)n(C)c4)c(C(C)C)c3c2)CC1. The number of likely N-dealkylation sites (tertiary alicyclic amines) is 1. The number of carbonyl (C=O) groups is 1. The van der Waals surface area contributed by atoms with E-state index in [1.54, 1.807) is 18.7 Å². The molecule has 0 atom stereocenters. The molecule has 33 heavy (non-hydrogen) atoms. The first-order chi connectivity index (χ1) is 15.8. The Hall–Kier alpha value is -3.06.